The van der Waals surface area contributed by atoms with Crippen molar-refractivity contribution in [1.82, 2.24) is 9.78 Å². The summed E-state index contributed by atoms with van der Waals surface area (Å²) in [4.78, 5) is 12.2. The summed E-state index contributed by atoms with van der Waals surface area (Å²) in [6.45, 7) is 4.47. The largest absolute Gasteiger partial charge is 0.476 e. The molecule has 0 aliphatic heterocycles. The molecule has 1 aromatic heterocycles. The summed E-state index contributed by atoms with van der Waals surface area (Å²) in [5.74, 6) is 0.724. The topological polar surface area (TPSA) is 47.4 Å². The molecule has 0 aliphatic rings. The minimum absolute atomic E-state index is 0.236. The van der Waals surface area contributed by atoms with Crippen molar-refractivity contribution in [1.29, 1.82) is 0 Å². The van der Waals surface area contributed by atoms with Crippen LogP contribution in [-0.4, -0.2) is 36.8 Å². The van der Waals surface area contributed by atoms with E-state index < -0.39 is 0 Å². The predicted molar refractivity (Wildman–Crippen MR) is 63.1 cm³/mol. The van der Waals surface area contributed by atoms with Gasteiger partial charge in [0.2, 0.25) is 5.88 Å². The highest BCUT2D eigenvalue weighted by Crippen LogP contribution is 2.29. The van der Waals surface area contributed by atoms with Gasteiger partial charge in [-0.2, -0.15) is 5.10 Å². The van der Waals surface area contributed by atoms with Crippen LogP contribution in [0.25, 0.3) is 0 Å². The van der Waals surface area contributed by atoms with Crippen molar-refractivity contribution < 1.29 is 9.53 Å². The smallest absolute Gasteiger partial charge is 0.236 e. The van der Waals surface area contributed by atoms with Gasteiger partial charge >= 0.3 is 0 Å². The van der Waals surface area contributed by atoms with E-state index in [0.29, 0.717) is 13.0 Å². The Morgan fingerprint density at radius 2 is 2.25 bits per heavy atom. The standard InChI is InChI=1S/C11H19N3O2/c1-9(2)14-11(16-7-5-6-15)10(8-12-14)13(3)4/h6,8-9H,5,7H2,1-4H3. The molecule has 90 valence electrons. The lowest BCUT2D eigenvalue weighted by Gasteiger charge is -2.16. The maximum atomic E-state index is 10.3. The molecule has 16 heavy (non-hydrogen) atoms. The minimum atomic E-state index is 0.236. The molecule has 5 nitrogen and oxygen atoms in total. The van der Waals surface area contributed by atoms with Gasteiger partial charge in [0.25, 0.3) is 0 Å². The molecule has 0 aliphatic carbocycles. The number of carbonyl (C=O) groups excluding carboxylic acids is 1. The van der Waals surface area contributed by atoms with Gasteiger partial charge in [-0.25, -0.2) is 4.68 Å². The molecule has 0 saturated carbocycles. The summed E-state index contributed by atoms with van der Waals surface area (Å²) in [6.07, 6.45) is 3.03. The molecule has 1 rings (SSSR count). The van der Waals surface area contributed by atoms with Crippen LogP contribution in [0.15, 0.2) is 6.20 Å². The van der Waals surface area contributed by atoms with Gasteiger partial charge < -0.3 is 14.4 Å². The first-order valence-electron chi connectivity index (χ1n) is 5.39. The van der Waals surface area contributed by atoms with E-state index in [1.165, 1.54) is 0 Å². The molecule has 0 N–H and O–H groups in total. The molecule has 0 saturated heterocycles. The average Bonchev–Trinajstić information content (AvgIpc) is 2.62. The fourth-order valence-corrected chi connectivity index (χ4v) is 1.36. The van der Waals surface area contributed by atoms with Crippen LogP contribution in [0, 0.1) is 0 Å². The molecular weight excluding hydrogens is 206 g/mol. The van der Waals surface area contributed by atoms with Gasteiger partial charge in [-0.15, -0.1) is 0 Å². The molecule has 0 amide bonds. The lowest BCUT2D eigenvalue weighted by molar-refractivity contribution is -0.108. The molecule has 0 fully saturated rings. The van der Waals surface area contributed by atoms with Crippen LogP contribution in [-0.2, 0) is 4.79 Å². The number of anilines is 1. The minimum Gasteiger partial charge on any atom is -0.476 e. The van der Waals surface area contributed by atoms with Crippen molar-refractivity contribution in [3.05, 3.63) is 6.20 Å². The Bertz CT molecular complexity index is 319. The highest BCUT2D eigenvalue weighted by molar-refractivity contribution is 5.53. The van der Waals surface area contributed by atoms with Gasteiger partial charge in [-0.3, -0.25) is 0 Å². The molecule has 0 atom stereocenters. The summed E-state index contributed by atoms with van der Waals surface area (Å²) in [7, 11) is 3.88. The summed E-state index contributed by atoms with van der Waals surface area (Å²) in [5, 5.41) is 4.28. The average molecular weight is 225 g/mol. The zero-order valence-electron chi connectivity index (χ0n) is 10.3. The van der Waals surface area contributed by atoms with Gasteiger partial charge in [0.05, 0.1) is 18.8 Å². The summed E-state index contributed by atoms with van der Waals surface area (Å²) in [6, 6.07) is 0.236. The van der Waals surface area contributed by atoms with E-state index in [1.807, 2.05) is 37.5 Å². The normalized spacial score (nSPS) is 10.6. The van der Waals surface area contributed by atoms with Crippen LogP contribution in [0.4, 0.5) is 5.69 Å². The Balaban J connectivity index is 2.90. The molecule has 0 radical (unpaired) electrons. The highest BCUT2D eigenvalue weighted by Gasteiger charge is 2.15. The van der Waals surface area contributed by atoms with E-state index >= 15 is 0 Å². The third-order valence-corrected chi connectivity index (χ3v) is 2.18. The lowest BCUT2D eigenvalue weighted by Crippen LogP contribution is -2.13. The number of nitrogens with zero attached hydrogens (tertiary/aromatic N) is 3. The molecule has 0 bridgehead atoms. The number of rotatable bonds is 6. The van der Waals surface area contributed by atoms with Crippen molar-refractivity contribution >= 4 is 12.0 Å². The SMILES string of the molecule is CC(C)n1ncc(N(C)C)c1OCCC=O. The molecule has 5 heteroatoms. The van der Waals surface area contributed by atoms with E-state index in [-0.39, 0.29) is 6.04 Å². The number of aromatic nitrogens is 2. The number of hydrogen-bond acceptors (Lipinski definition) is 4. The summed E-state index contributed by atoms with van der Waals surface area (Å²) < 4.78 is 7.42. The zero-order chi connectivity index (χ0) is 12.1. The molecule has 0 aromatic carbocycles. The van der Waals surface area contributed by atoms with Gasteiger partial charge in [-0.1, -0.05) is 0 Å². The van der Waals surface area contributed by atoms with Gasteiger partial charge in [0.1, 0.15) is 12.0 Å². The number of hydrogen-bond donors (Lipinski definition) is 0. The second-order valence-electron chi connectivity index (χ2n) is 4.07. The van der Waals surface area contributed by atoms with Crippen molar-refractivity contribution in [2.45, 2.75) is 26.3 Å². The Kier molecular flexibility index (Phi) is 4.34. The van der Waals surface area contributed by atoms with Gasteiger partial charge in [0, 0.05) is 20.5 Å². The first-order chi connectivity index (χ1) is 7.57. The van der Waals surface area contributed by atoms with Crippen LogP contribution in [0.2, 0.25) is 0 Å². The van der Waals surface area contributed by atoms with Crippen LogP contribution >= 0.6 is 0 Å². The molecule has 0 spiro atoms. The molecule has 0 unspecified atom stereocenters. The highest BCUT2D eigenvalue weighted by atomic mass is 16.5. The van der Waals surface area contributed by atoms with Crippen LogP contribution < -0.4 is 9.64 Å². The third-order valence-electron chi connectivity index (χ3n) is 2.18. The van der Waals surface area contributed by atoms with E-state index in [4.69, 9.17) is 4.74 Å². The first kappa shape index (κ1) is 12.5. The summed E-state index contributed by atoms with van der Waals surface area (Å²) >= 11 is 0. The quantitative estimate of drug-likeness (QED) is 0.543. The number of aldehydes is 1. The second kappa shape index (κ2) is 5.53. The van der Waals surface area contributed by atoms with E-state index in [0.717, 1.165) is 17.9 Å². The predicted octanol–water partition coefficient (Wildman–Crippen LogP) is 1.50. The molecular formula is C11H19N3O2. The monoisotopic (exact) mass is 225 g/mol. The number of carbonyl (C=O) groups is 1. The Hall–Kier alpha value is -1.52. The Morgan fingerprint density at radius 1 is 1.56 bits per heavy atom. The molecule has 1 heterocycles. The summed E-state index contributed by atoms with van der Waals surface area (Å²) in [5.41, 5.74) is 0.930. The molecule has 1 aromatic rings. The van der Waals surface area contributed by atoms with E-state index in [2.05, 4.69) is 5.10 Å². The van der Waals surface area contributed by atoms with E-state index in [1.54, 1.807) is 6.20 Å². The fourth-order valence-electron chi connectivity index (χ4n) is 1.36. The van der Waals surface area contributed by atoms with Crippen molar-refractivity contribution in [2.75, 3.05) is 25.6 Å². The van der Waals surface area contributed by atoms with Crippen molar-refractivity contribution in [2.24, 2.45) is 0 Å². The Morgan fingerprint density at radius 3 is 2.75 bits per heavy atom. The zero-order valence-corrected chi connectivity index (χ0v) is 10.3. The second-order valence-corrected chi connectivity index (χ2v) is 4.07. The maximum Gasteiger partial charge on any atom is 0.236 e. The fraction of sp³-hybridized carbons (Fsp3) is 0.636. The Labute approximate surface area is 96.0 Å². The van der Waals surface area contributed by atoms with Crippen LogP contribution in [0.3, 0.4) is 0 Å². The third kappa shape index (κ3) is 2.74. The first-order valence-corrected chi connectivity index (χ1v) is 5.39. The maximum absolute atomic E-state index is 10.3. The number of ether oxygens (including phenoxy) is 1. The van der Waals surface area contributed by atoms with Crippen LogP contribution in [0.5, 0.6) is 5.88 Å². The van der Waals surface area contributed by atoms with Crippen LogP contribution in [0.1, 0.15) is 26.3 Å². The van der Waals surface area contributed by atoms with Crippen molar-refractivity contribution in [3.8, 4) is 5.88 Å². The van der Waals surface area contributed by atoms with E-state index in [9.17, 15) is 4.79 Å². The van der Waals surface area contributed by atoms with Gasteiger partial charge in [0.15, 0.2) is 0 Å². The van der Waals surface area contributed by atoms with Crippen molar-refractivity contribution in [3.63, 3.8) is 0 Å². The lowest BCUT2D eigenvalue weighted by atomic mass is 10.4. The van der Waals surface area contributed by atoms with Gasteiger partial charge in [-0.05, 0) is 13.8 Å².